The first-order chi connectivity index (χ1) is 3.83. The minimum absolute atomic E-state index is 0.403. The Morgan fingerprint density at radius 3 is 2.62 bits per heavy atom. The molecule has 42 valence electrons. The summed E-state index contributed by atoms with van der Waals surface area (Å²) < 4.78 is 4.88. The number of halogens is 1. The Bertz CT molecular complexity index is 190. The van der Waals surface area contributed by atoms with Crippen molar-refractivity contribution < 1.29 is 4.42 Å². The Morgan fingerprint density at radius 1 is 1.62 bits per heavy atom. The lowest BCUT2D eigenvalue weighted by Crippen LogP contribution is -1.51. The van der Waals surface area contributed by atoms with Crippen molar-refractivity contribution in [2.24, 2.45) is 0 Å². The lowest BCUT2D eigenvalue weighted by atomic mass is 10.5. The van der Waals surface area contributed by atoms with Crippen LogP contribution in [0, 0.1) is 0 Å². The third kappa shape index (κ3) is 0.928. The van der Waals surface area contributed by atoms with Gasteiger partial charge in [-0.2, -0.15) is 0 Å². The van der Waals surface area contributed by atoms with Crippen LogP contribution in [0.15, 0.2) is 23.1 Å². The topological polar surface area (TPSA) is 13.1 Å². The molecule has 8 heavy (non-hydrogen) atoms. The summed E-state index contributed by atoms with van der Waals surface area (Å²) in [5, 5.41) is 0.403. The summed E-state index contributed by atoms with van der Waals surface area (Å²) in [6.07, 6.45) is 1.60. The largest absolute Gasteiger partial charge is 0.445 e. The molecule has 0 unspecified atom stereocenters. The summed E-state index contributed by atoms with van der Waals surface area (Å²) in [4.78, 5) is 0. The smallest absolute Gasteiger partial charge is 0.193 e. The quantitative estimate of drug-likeness (QED) is 0.567. The molecule has 0 saturated carbocycles. The number of hydrogen-bond acceptors (Lipinski definition) is 1. The predicted octanol–water partition coefficient (Wildman–Crippen LogP) is 2.58. The van der Waals surface area contributed by atoms with Gasteiger partial charge in [-0.05, 0) is 29.8 Å². The Kier molecular flexibility index (Phi) is 1.40. The van der Waals surface area contributed by atoms with Crippen LogP contribution in [0.1, 0.15) is 5.76 Å². The van der Waals surface area contributed by atoms with Crippen molar-refractivity contribution in [2.75, 3.05) is 0 Å². The molecule has 1 nitrogen and oxygen atoms in total. The van der Waals surface area contributed by atoms with Gasteiger partial charge in [0.15, 0.2) is 5.22 Å². The zero-order valence-corrected chi connectivity index (χ0v) is 4.98. The molecule has 1 heterocycles. The molecule has 0 radical (unpaired) electrons. The van der Waals surface area contributed by atoms with Crippen LogP contribution in [0.25, 0.3) is 6.08 Å². The normalized spacial score (nSPS) is 9.12. The van der Waals surface area contributed by atoms with E-state index in [1.807, 2.05) is 0 Å². The Labute approximate surface area is 52.6 Å². The molecule has 0 amide bonds. The highest BCUT2D eigenvalue weighted by Crippen LogP contribution is 2.12. The van der Waals surface area contributed by atoms with Crippen LogP contribution < -0.4 is 0 Å². The lowest BCUT2D eigenvalue weighted by molar-refractivity contribution is 0.559. The van der Waals surface area contributed by atoms with Gasteiger partial charge >= 0.3 is 0 Å². The van der Waals surface area contributed by atoms with Crippen molar-refractivity contribution in [3.8, 4) is 0 Å². The van der Waals surface area contributed by atoms with E-state index in [2.05, 4.69) is 6.58 Å². The molecule has 0 bridgehead atoms. The molecule has 0 aliphatic carbocycles. The second kappa shape index (κ2) is 2.05. The van der Waals surface area contributed by atoms with Crippen molar-refractivity contribution in [1.29, 1.82) is 0 Å². The summed E-state index contributed by atoms with van der Waals surface area (Å²) in [6.45, 7) is 3.49. The van der Waals surface area contributed by atoms with E-state index in [0.717, 1.165) is 0 Å². The second-order valence-electron chi connectivity index (χ2n) is 1.35. The Hall–Kier alpha value is -0.690. The third-order valence-corrected chi connectivity index (χ3v) is 0.998. The predicted molar refractivity (Wildman–Crippen MR) is 33.8 cm³/mol. The van der Waals surface area contributed by atoms with Crippen LogP contribution in [0.2, 0.25) is 5.22 Å². The van der Waals surface area contributed by atoms with Gasteiger partial charge in [-0.15, -0.1) is 0 Å². The molecule has 1 aromatic rings. The number of hydrogen-bond donors (Lipinski definition) is 0. The standard InChI is InChI=1S/C6H5ClO/c1-2-5-3-4-6(7)8-5/h2-4H,1H2. The molecule has 2 heteroatoms. The van der Waals surface area contributed by atoms with Crippen molar-refractivity contribution in [2.45, 2.75) is 0 Å². The fourth-order valence-electron chi connectivity index (χ4n) is 0.438. The minimum atomic E-state index is 0.403. The van der Waals surface area contributed by atoms with Crippen molar-refractivity contribution in [3.63, 3.8) is 0 Å². The second-order valence-corrected chi connectivity index (χ2v) is 1.72. The van der Waals surface area contributed by atoms with Crippen LogP contribution in [-0.2, 0) is 0 Å². The van der Waals surface area contributed by atoms with Gasteiger partial charge in [0.1, 0.15) is 5.76 Å². The summed E-state index contributed by atoms with van der Waals surface area (Å²) in [5.74, 6) is 0.704. The SMILES string of the molecule is C=Cc1ccc(Cl)o1. The summed E-state index contributed by atoms with van der Waals surface area (Å²) in [6, 6.07) is 3.44. The van der Waals surface area contributed by atoms with E-state index < -0.39 is 0 Å². The maximum absolute atomic E-state index is 5.42. The average Bonchev–Trinajstić information content (AvgIpc) is 2.14. The first kappa shape index (κ1) is 5.45. The van der Waals surface area contributed by atoms with Crippen molar-refractivity contribution >= 4 is 17.7 Å². The van der Waals surface area contributed by atoms with Gasteiger partial charge in [0.05, 0.1) is 0 Å². The third-order valence-electron chi connectivity index (χ3n) is 0.795. The van der Waals surface area contributed by atoms with Crippen molar-refractivity contribution in [1.82, 2.24) is 0 Å². The first-order valence-corrected chi connectivity index (χ1v) is 2.58. The van der Waals surface area contributed by atoms with E-state index >= 15 is 0 Å². The van der Waals surface area contributed by atoms with Gasteiger partial charge in [-0.3, -0.25) is 0 Å². The van der Waals surface area contributed by atoms with Gasteiger partial charge in [0.2, 0.25) is 0 Å². The van der Waals surface area contributed by atoms with E-state index in [4.69, 9.17) is 16.0 Å². The summed E-state index contributed by atoms with van der Waals surface area (Å²) in [7, 11) is 0. The molecule has 0 saturated heterocycles. The van der Waals surface area contributed by atoms with Gasteiger partial charge in [0, 0.05) is 0 Å². The fraction of sp³-hybridized carbons (Fsp3) is 0. The highest BCUT2D eigenvalue weighted by Gasteiger charge is 1.90. The minimum Gasteiger partial charge on any atom is -0.445 e. The highest BCUT2D eigenvalue weighted by atomic mass is 35.5. The maximum Gasteiger partial charge on any atom is 0.193 e. The molecule has 0 spiro atoms. The van der Waals surface area contributed by atoms with Crippen LogP contribution in [0.3, 0.4) is 0 Å². The monoisotopic (exact) mass is 128 g/mol. The lowest BCUT2D eigenvalue weighted by Gasteiger charge is -1.76. The van der Waals surface area contributed by atoms with E-state index in [1.165, 1.54) is 0 Å². The van der Waals surface area contributed by atoms with Crippen LogP contribution in [-0.4, -0.2) is 0 Å². The molecule has 0 fully saturated rings. The fourth-order valence-corrected chi connectivity index (χ4v) is 0.590. The molecule has 1 rings (SSSR count). The average molecular weight is 129 g/mol. The molecule has 0 aliphatic heterocycles. The molecule has 0 aliphatic rings. The summed E-state index contributed by atoms with van der Waals surface area (Å²) >= 11 is 5.42. The molecule has 0 N–H and O–H groups in total. The number of furan rings is 1. The Balaban J connectivity index is 3.00. The first-order valence-electron chi connectivity index (χ1n) is 2.20. The van der Waals surface area contributed by atoms with Gasteiger partial charge in [-0.1, -0.05) is 6.58 Å². The van der Waals surface area contributed by atoms with Crippen LogP contribution >= 0.6 is 11.6 Å². The van der Waals surface area contributed by atoms with Gasteiger partial charge in [0.25, 0.3) is 0 Å². The maximum atomic E-state index is 5.42. The molecular formula is C6H5ClO. The molecule has 0 aromatic carbocycles. The van der Waals surface area contributed by atoms with E-state index in [9.17, 15) is 0 Å². The highest BCUT2D eigenvalue weighted by molar-refractivity contribution is 6.28. The van der Waals surface area contributed by atoms with Gasteiger partial charge < -0.3 is 4.42 Å². The molecule has 1 aromatic heterocycles. The zero-order chi connectivity index (χ0) is 5.98. The van der Waals surface area contributed by atoms with Crippen molar-refractivity contribution in [3.05, 3.63) is 29.7 Å². The Morgan fingerprint density at radius 2 is 2.38 bits per heavy atom. The van der Waals surface area contributed by atoms with E-state index in [1.54, 1.807) is 18.2 Å². The van der Waals surface area contributed by atoms with Crippen LogP contribution in [0.4, 0.5) is 0 Å². The summed E-state index contributed by atoms with van der Waals surface area (Å²) in [5.41, 5.74) is 0. The zero-order valence-electron chi connectivity index (χ0n) is 4.23. The molecular weight excluding hydrogens is 124 g/mol. The molecule has 0 atom stereocenters. The van der Waals surface area contributed by atoms with Crippen LogP contribution in [0.5, 0.6) is 0 Å². The van der Waals surface area contributed by atoms with Gasteiger partial charge in [-0.25, -0.2) is 0 Å². The number of rotatable bonds is 1. The van der Waals surface area contributed by atoms with E-state index in [-0.39, 0.29) is 0 Å². The van der Waals surface area contributed by atoms with E-state index in [0.29, 0.717) is 11.0 Å².